The summed E-state index contributed by atoms with van der Waals surface area (Å²) in [7, 11) is 0. The molecule has 0 spiro atoms. The third kappa shape index (κ3) is 22.7. The second-order valence-electron chi connectivity index (χ2n) is 0.835. The zero-order valence-electron chi connectivity index (χ0n) is 6.37. The van der Waals surface area contributed by atoms with Gasteiger partial charge in [-0.3, -0.25) is 0 Å². The first kappa shape index (κ1) is 41.9. The van der Waals surface area contributed by atoms with E-state index in [0.717, 1.165) is 0 Å². The second-order valence-corrected chi connectivity index (χ2v) is 0.835. The maximum absolute atomic E-state index is 3.67. The molecule has 0 bridgehead atoms. The van der Waals surface area contributed by atoms with Gasteiger partial charge < -0.3 is 40.7 Å². The number of hydrogen-bond donors (Lipinski definition) is 0. The van der Waals surface area contributed by atoms with Gasteiger partial charge in [-0.2, -0.15) is 0 Å². The Bertz CT molecular complexity index is 87.3. The van der Waals surface area contributed by atoms with Crippen LogP contribution in [0.3, 0.4) is 0 Å². The third-order valence-corrected chi connectivity index (χ3v) is 0.434. The molecule has 0 radical (unpaired) electrons. The van der Waals surface area contributed by atoms with E-state index in [1.54, 1.807) is 12.4 Å². The molecule has 0 aliphatic heterocycles. The summed E-state index contributed by atoms with van der Waals surface area (Å²) in [5, 5.41) is 0. The number of hydrogen-bond acceptors (Lipinski definition) is 2. The van der Waals surface area contributed by atoms with Crippen molar-refractivity contribution in [2.45, 2.75) is 0 Å². The Morgan fingerprint density at radius 3 is 1.42 bits per heavy atom. The summed E-state index contributed by atoms with van der Waals surface area (Å²) in [5.41, 5.74) is 0. The predicted octanol–water partition coefficient (Wildman–Crippen LogP) is 3.86. The predicted molar refractivity (Wildman–Crippen MR) is 47.3 cm³/mol. The normalized spacial score (nSPS) is 4.00. The van der Waals surface area contributed by atoms with Crippen LogP contribution < -0.4 is 0 Å². The number of aromatic nitrogens is 2. The van der Waals surface area contributed by atoms with Crippen LogP contribution in [0.1, 0.15) is 0 Å². The molecule has 0 amide bonds. The van der Waals surface area contributed by atoms with Crippen molar-refractivity contribution in [1.29, 1.82) is 0 Å². The van der Waals surface area contributed by atoms with Crippen molar-refractivity contribution in [3.63, 3.8) is 0 Å². The molecule has 72 valence electrons. The van der Waals surface area contributed by atoms with Gasteiger partial charge in [0.2, 0.25) is 0 Å². The molecule has 1 aromatic rings. The molecule has 0 atom stereocenters. The molecule has 8 heteroatoms. The average Bonchev–Trinajstić information content (AvgIpc) is 1.72. The van der Waals surface area contributed by atoms with Gasteiger partial charge in [-0.05, 0) is 12.4 Å². The molecule has 0 aliphatic rings. The van der Waals surface area contributed by atoms with Crippen LogP contribution in [0.15, 0.2) is 18.6 Å². The fourth-order valence-corrected chi connectivity index (χ4v) is 0.225. The SMILES string of the molecule is [NH2-].[NH2-].[NH2-].[NH2-].[NH2-].[Ru+6].[c-]1cnccn1. The van der Waals surface area contributed by atoms with Gasteiger partial charge in [-0.15, -0.1) is 12.4 Å². The smallest absolute Gasteiger partial charge is 0.693 e. The van der Waals surface area contributed by atoms with E-state index in [-0.39, 0.29) is 50.2 Å². The minimum atomic E-state index is 0. The van der Waals surface area contributed by atoms with Crippen LogP contribution in [0.5, 0.6) is 0 Å². The molecule has 1 aromatic heterocycles. The molecule has 1 heterocycles. The molecule has 0 unspecified atom stereocenters. The Morgan fingerprint density at radius 1 is 0.833 bits per heavy atom. The van der Waals surface area contributed by atoms with Crippen LogP contribution in [0.4, 0.5) is 0 Å². The summed E-state index contributed by atoms with van der Waals surface area (Å²) in [6, 6.07) is 0. The Morgan fingerprint density at radius 2 is 1.33 bits per heavy atom. The number of nitrogens with zero attached hydrogens (tertiary/aromatic N) is 2. The van der Waals surface area contributed by atoms with Gasteiger partial charge in [-0.1, -0.05) is 0 Å². The Balaban J connectivity index is -0.0000000150. The van der Waals surface area contributed by atoms with E-state index in [1.165, 1.54) is 6.20 Å². The molecule has 0 saturated carbocycles. The Hall–Kier alpha value is -0.497. The summed E-state index contributed by atoms with van der Waals surface area (Å²) in [5.74, 6) is 0. The van der Waals surface area contributed by atoms with E-state index in [2.05, 4.69) is 16.2 Å². The summed E-state index contributed by atoms with van der Waals surface area (Å²) in [6.07, 6.45) is 7.24. The van der Waals surface area contributed by atoms with E-state index >= 15 is 0 Å². The first-order valence-corrected chi connectivity index (χ1v) is 1.62. The number of rotatable bonds is 0. The van der Waals surface area contributed by atoms with E-state index in [9.17, 15) is 0 Å². The molecule has 0 aliphatic carbocycles. The van der Waals surface area contributed by atoms with Crippen molar-refractivity contribution in [2.75, 3.05) is 0 Å². The summed E-state index contributed by atoms with van der Waals surface area (Å²) >= 11 is 0. The third-order valence-electron chi connectivity index (χ3n) is 0.434. The van der Waals surface area contributed by atoms with Crippen molar-refractivity contribution in [3.8, 4) is 0 Å². The maximum atomic E-state index is 3.67. The Labute approximate surface area is 85.4 Å². The minimum Gasteiger partial charge on any atom is -0.693 e. The van der Waals surface area contributed by atoms with Crippen LogP contribution in [0.25, 0.3) is 30.8 Å². The minimum absolute atomic E-state index is 0. The van der Waals surface area contributed by atoms with Gasteiger partial charge in [0, 0.05) is 0 Å². The van der Waals surface area contributed by atoms with Crippen LogP contribution in [-0.2, 0) is 19.5 Å². The standard InChI is InChI=1S/C4H3N2.5H2N.Ru/c1-2-6-4-3-5-1;;;;;;/h1-3H;5*1H2;/q6*-1;+6. The maximum Gasteiger partial charge on any atom is 6.00 e. The van der Waals surface area contributed by atoms with Gasteiger partial charge in [0.05, 0.1) is 0 Å². The van der Waals surface area contributed by atoms with E-state index in [1.807, 2.05) is 0 Å². The molecular weight excluding hydrogens is 247 g/mol. The zero-order chi connectivity index (χ0) is 4.24. The largest absolute Gasteiger partial charge is 6.00 e. The van der Waals surface area contributed by atoms with Crippen molar-refractivity contribution >= 4 is 0 Å². The molecule has 10 N–H and O–H groups in total. The van der Waals surface area contributed by atoms with E-state index in [4.69, 9.17) is 0 Å². The number of nitrogens with two attached hydrogens (primary N) is 5. The van der Waals surface area contributed by atoms with Crippen LogP contribution in [0.2, 0.25) is 0 Å². The molecule has 12 heavy (non-hydrogen) atoms. The van der Waals surface area contributed by atoms with Crippen LogP contribution in [-0.4, -0.2) is 9.97 Å². The second kappa shape index (κ2) is 31.3. The first-order valence-electron chi connectivity index (χ1n) is 1.62. The Kier molecular flexibility index (Phi) is 109. The molecule has 7 nitrogen and oxygen atoms in total. The summed E-state index contributed by atoms with van der Waals surface area (Å²) in [4.78, 5) is 7.26. The molecule has 0 aromatic carbocycles. The zero-order valence-corrected chi connectivity index (χ0v) is 8.10. The molecular formula is C4H13N7Ru. The first-order chi connectivity index (χ1) is 3.00. The van der Waals surface area contributed by atoms with Gasteiger partial charge in [0.25, 0.3) is 0 Å². The molecule has 1 rings (SSSR count). The van der Waals surface area contributed by atoms with Crippen molar-refractivity contribution in [2.24, 2.45) is 0 Å². The van der Waals surface area contributed by atoms with Gasteiger partial charge in [0.1, 0.15) is 0 Å². The topological polar surface area (TPSA) is 193 Å². The van der Waals surface area contributed by atoms with Crippen molar-refractivity contribution < 1.29 is 19.5 Å². The van der Waals surface area contributed by atoms with Crippen LogP contribution in [0, 0.1) is 6.20 Å². The van der Waals surface area contributed by atoms with Crippen molar-refractivity contribution in [1.82, 2.24) is 9.97 Å². The van der Waals surface area contributed by atoms with Crippen molar-refractivity contribution in [3.05, 3.63) is 55.5 Å². The average molecular weight is 260 g/mol. The molecule has 0 fully saturated rings. The summed E-state index contributed by atoms with van der Waals surface area (Å²) in [6.45, 7) is 0. The fourth-order valence-electron chi connectivity index (χ4n) is 0.225. The van der Waals surface area contributed by atoms with Gasteiger partial charge in [0.15, 0.2) is 0 Å². The molecule has 0 saturated heterocycles. The quantitative estimate of drug-likeness (QED) is 0.504. The fraction of sp³-hybridized carbons (Fsp3) is 0. The van der Waals surface area contributed by atoms with E-state index in [0.29, 0.717) is 0 Å². The van der Waals surface area contributed by atoms with E-state index < -0.39 is 0 Å². The monoisotopic (exact) mass is 261 g/mol. The van der Waals surface area contributed by atoms with Gasteiger partial charge in [-0.25, -0.2) is 0 Å². The van der Waals surface area contributed by atoms with Crippen LogP contribution >= 0.6 is 0 Å². The van der Waals surface area contributed by atoms with Gasteiger partial charge >= 0.3 is 19.5 Å². The summed E-state index contributed by atoms with van der Waals surface area (Å²) < 4.78 is 0.